The van der Waals surface area contributed by atoms with Gasteiger partial charge in [-0.05, 0) is 43.9 Å². The second-order valence-electron chi connectivity index (χ2n) is 7.08. The van der Waals surface area contributed by atoms with Gasteiger partial charge in [-0.2, -0.15) is 26.3 Å². The van der Waals surface area contributed by atoms with Crippen molar-refractivity contribution in [3.63, 3.8) is 0 Å². The van der Waals surface area contributed by atoms with Crippen LogP contribution in [-0.4, -0.2) is 30.9 Å². The summed E-state index contributed by atoms with van der Waals surface area (Å²) in [6.45, 7) is 3.60. The maximum Gasteiger partial charge on any atom is 0.427 e. The predicted octanol–water partition coefficient (Wildman–Crippen LogP) is 5.00. The summed E-state index contributed by atoms with van der Waals surface area (Å²) in [6, 6.07) is 0. The summed E-state index contributed by atoms with van der Waals surface area (Å²) in [4.78, 5) is 0. The quantitative estimate of drug-likeness (QED) is 0.520. The molecule has 1 saturated heterocycles. The Morgan fingerprint density at radius 1 is 1.08 bits per heavy atom. The van der Waals surface area contributed by atoms with Gasteiger partial charge in [0.25, 0.3) is 5.60 Å². The van der Waals surface area contributed by atoms with Crippen LogP contribution < -0.4 is 0 Å². The second kappa shape index (κ2) is 5.62. The van der Waals surface area contributed by atoms with Crippen molar-refractivity contribution in [2.24, 2.45) is 17.3 Å². The Hall–Kier alpha value is -0.760. The van der Waals surface area contributed by atoms with Crippen LogP contribution in [0.1, 0.15) is 38.5 Å². The minimum atomic E-state index is -5.59. The van der Waals surface area contributed by atoms with E-state index in [0.717, 1.165) is 0 Å². The summed E-state index contributed by atoms with van der Waals surface area (Å²) in [5, 5.41) is 0. The van der Waals surface area contributed by atoms with Crippen LogP contribution in [0.3, 0.4) is 0 Å². The maximum atomic E-state index is 14.0. The molecule has 4 unspecified atom stereocenters. The predicted molar refractivity (Wildman–Crippen MR) is 73.0 cm³/mol. The van der Waals surface area contributed by atoms with Gasteiger partial charge >= 0.3 is 12.4 Å². The molecule has 2 saturated carbocycles. The largest absolute Gasteiger partial charge is 0.427 e. The van der Waals surface area contributed by atoms with E-state index in [0.29, 0.717) is 19.3 Å². The van der Waals surface area contributed by atoms with Crippen LogP contribution in [0.15, 0.2) is 12.7 Å². The Morgan fingerprint density at radius 3 is 2.21 bits per heavy atom. The van der Waals surface area contributed by atoms with E-state index in [9.17, 15) is 26.3 Å². The topological polar surface area (TPSA) is 18.5 Å². The zero-order valence-corrected chi connectivity index (χ0v) is 13.1. The number of fused-ring (bicyclic) bond motifs is 2. The lowest BCUT2D eigenvalue weighted by Gasteiger charge is -2.51. The Morgan fingerprint density at radius 2 is 1.75 bits per heavy atom. The minimum Gasteiger partial charge on any atom is -0.353 e. The molecule has 3 aliphatic rings. The van der Waals surface area contributed by atoms with Crippen molar-refractivity contribution in [2.75, 3.05) is 6.61 Å². The highest BCUT2D eigenvalue weighted by molar-refractivity contribution is 5.21. The number of ether oxygens (including phenoxy) is 2. The highest BCUT2D eigenvalue weighted by Gasteiger charge is 2.84. The zero-order valence-electron chi connectivity index (χ0n) is 13.1. The summed E-state index contributed by atoms with van der Waals surface area (Å²) in [6.07, 6.45) is -10.6. The fraction of sp³-hybridized carbons (Fsp3) is 0.875. The highest BCUT2D eigenvalue weighted by Crippen LogP contribution is 2.70. The van der Waals surface area contributed by atoms with Crippen molar-refractivity contribution in [3.8, 4) is 0 Å². The first-order valence-corrected chi connectivity index (χ1v) is 8.13. The second-order valence-corrected chi connectivity index (χ2v) is 7.08. The van der Waals surface area contributed by atoms with Crippen molar-refractivity contribution in [3.05, 3.63) is 12.7 Å². The van der Waals surface area contributed by atoms with Gasteiger partial charge in [0, 0.05) is 18.4 Å². The number of hydrogen-bond acceptors (Lipinski definition) is 2. The van der Waals surface area contributed by atoms with Crippen LogP contribution in [0.25, 0.3) is 0 Å². The first-order valence-electron chi connectivity index (χ1n) is 8.13. The Labute approximate surface area is 136 Å². The molecular formula is C16H20F6O2. The van der Waals surface area contributed by atoms with E-state index in [4.69, 9.17) is 9.47 Å². The molecule has 0 amide bonds. The number of hydrogen-bond donors (Lipinski definition) is 0. The molecule has 8 heteroatoms. The molecule has 0 aromatic carbocycles. The molecule has 0 radical (unpaired) electrons. The summed E-state index contributed by atoms with van der Waals surface area (Å²) >= 11 is 0. The third kappa shape index (κ3) is 2.32. The SMILES string of the molecule is C=CC1CC2CCC1(C(OC1CCCO1)(C(F)(F)F)C(F)(F)F)C2. The van der Waals surface area contributed by atoms with Crippen molar-refractivity contribution < 1.29 is 35.8 Å². The molecule has 0 aromatic heterocycles. The average molecular weight is 358 g/mol. The lowest BCUT2D eigenvalue weighted by molar-refractivity contribution is -0.440. The van der Waals surface area contributed by atoms with Gasteiger partial charge in [-0.3, -0.25) is 0 Å². The van der Waals surface area contributed by atoms with Crippen LogP contribution in [0.2, 0.25) is 0 Å². The van der Waals surface area contributed by atoms with E-state index in [1.165, 1.54) is 6.08 Å². The summed E-state index contributed by atoms with van der Waals surface area (Å²) in [5.74, 6) is -1.02. The Balaban J connectivity index is 2.14. The lowest BCUT2D eigenvalue weighted by atomic mass is 9.62. The third-order valence-electron chi connectivity index (χ3n) is 5.93. The highest BCUT2D eigenvalue weighted by atomic mass is 19.4. The van der Waals surface area contributed by atoms with Gasteiger partial charge in [0.2, 0.25) is 0 Å². The molecular weight excluding hydrogens is 338 g/mol. The summed E-state index contributed by atoms with van der Waals surface area (Å²) in [7, 11) is 0. The lowest BCUT2D eigenvalue weighted by Crippen LogP contribution is -2.70. The van der Waals surface area contributed by atoms with Crippen LogP contribution >= 0.6 is 0 Å². The number of rotatable bonds is 4. The first kappa shape index (κ1) is 18.0. The Bertz CT molecular complexity index is 480. The molecule has 2 aliphatic carbocycles. The third-order valence-corrected chi connectivity index (χ3v) is 5.93. The molecule has 2 bridgehead atoms. The van der Waals surface area contributed by atoms with Crippen molar-refractivity contribution in [1.29, 1.82) is 0 Å². The van der Waals surface area contributed by atoms with Crippen LogP contribution in [0.4, 0.5) is 26.3 Å². The monoisotopic (exact) mass is 358 g/mol. The maximum absolute atomic E-state index is 14.0. The van der Waals surface area contributed by atoms with Gasteiger partial charge in [0.1, 0.15) is 0 Å². The molecule has 138 valence electrons. The van der Waals surface area contributed by atoms with Crippen LogP contribution in [-0.2, 0) is 9.47 Å². The number of halogens is 6. The Kier molecular flexibility index (Phi) is 4.23. The van der Waals surface area contributed by atoms with Gasteiger partial charge < -0.3 is 9.47 Å². The van der Waals surface area contributed by atoms with Crippen molar-refractivity contribution in [2.45, 2.75) is 62.8 Å². The van der Waals surface area contributed by atoms with Gasteiger partial charge in [-0.15, -0.1) is 6.58 Å². The molecule has 0 aromatic rings. The molecule has 3 rings (SSSR count). The smallest absolute Gasteiger partial charge is 0.353 e. The number of alkyl halides is 6. The first-order chi connectivity index (χ1) is 11.1. The molecule has 24 heavy (non-hydrogen) atoms. The van der Waals surface area contributed by atoms with Gasteiger partial charge in [-0.25, -0.2) is 0 Å². The molecule has 2 nitrogen and oxygen atoms in total. The van der Waals surface area contributed by atoms with Crippen molar-refractivity contribution in [1.82, 2.24) is 0 Å². The van der Waals surface area contributed by atoms with Crippen LogP contribution in [0.5, 0.6) is 0 Å². The van der Waals surface area contributed by atoms with E-state index in [-0.39, 0.29) is 31.8 Å². The van der Waals surface area contributed by atoms with E-state index in [1.54, 1.807) is 0 Å². The molecule has 1 heterocycles. The molecule has 0 N–H and O–H groups in total. The van der Waals surface area contributed by atoms with Crippen LogP contribution in [0, 0.1) is 17.3 Å². The van der Waals surface area contributed by atoms with E-state index < -0.39 is 35.6 Å². The fourth-order valence-corrected chi connectivity index (χ4v) is 5.02. The molecule has 4 atom stereocenters. The van der Waals surface area contributed by atoms with Gasteiger partial charge in [0.05, 0.1) is 0 Å². The molecule has 3 fully saturated rings. The van der Waals surface area contributed by atoms with Crippen molar-refractivity contribution >= 4 is 0 Å². The van der Waals surface area contributed by atoms with E-state index in [1.807, 2.05) is 0 Å². The molecule has 1 aliphatic heterocycles. The minimum absolute atomic E-state index is 0.0339. The van der Waals surface area contributed by atoms with Gasteiger partial charge in [0.15, 0.2) is 6.29 Å². The zero-order chi connectivity index (χ0) is 17.8. The standard InChI is InChI=1S/C16H20F6O2/c1-2-11-8-10-5-6-13(11,9-10)14(15(17,18)19,16(20,21)22)24-12-4-3-7-23-12/h2,10-12H,1,3-9H2. The van der Waals surface area contributed by atoms with E-state index >= 15 is 0 Å². The average Bonchev–Trinajstić information content (AvgIpc) is 3.17. The summed E-state index contributed by atoms with van der Waals surface area (Å²) in [5.41, 5.74) is -6.27. The fourth-order valence-electron chi connectivity index (χ4n) is 5.02. The van der Waals surface area contributed by atoms with E-state index in [2.05, 4.69) is 6.58 Å². The summed E-state index contributed by atoms with van der Waals surface area (Å²) < 4.78 is 93.8. The normalized spacial score (nSPS) is 37.2. The molecule has 0 spiro atoms. The number of allylic oxidation sites excluding steroid dienone is 1. The van der Waals surface area contributed by atoms with Gasteiger partial charge in [-0.1, -0.05) is 6.08 Å².